The molecular formula is C25H24F5N5O. The van der Waals surface area contributed by atoms with Gasteiger partial charge in [0.05, 0.1) is 18.2 Å². The number of aromatic nitrogens is 3. The number of hydrogen-bond acceptors (Lipinski definition) is 5. The Labute approximate surface area is 204 Å². The molecule has 1 unspecified atom stereocenters. The number of carbonyl (C=O) groups excluding carboxylic acids is 1. The van der Waals surface area contributed by atoms with Gasteiger partial charge in [0.1, 0.15) is 5.69 Å². The van der Waals surface area contributed by atoms with E-state index in [4.69, 9.17) is 0 Å². The van der Waals surface area contributed by atoms with E-state index in [1.807, 2.05) is 6.07 Å². The topological polar surface area (TPSA) is 71.0 Å². The Morgan fingerprint density at radius 1 is 1.11 bits per heavy atom. The number of piperidine rings is 1. The number of anilines is 1. The third-order valence-corrected chi connectivity index (χ3v) is 6.11. The number of nitrogens with zero attached hydrogens (tertiary/aromatic N) is 4. The molecule has 3 aromatic rings. The lowest BCUT2D eigenvalue weighted by Crippen LogP contribution is -2.57. The molecule has 1 aliphatic rings. The smallest absolute Gasteiger partial charge is 0.352 e. The molecule has 0 radical (unpaired) electrons. The van der Waals surface area contributed by atoms with Gasteiger partial charge >= 0.3 is 6.18 Å². The van der Waals surface area contributed by atoms with Crippen LogP contribution in [0.5, 0.6) is 0 Å². The molecule has 190 valence electrons. The molecule has 1 fully saturated rings. The first kappa shape index (κ1) is 25.5. The highest BCUT2D eigenvalue weighted by Gasteiger charge is 2.46. The molecule has 1 aromatic carbocycles. The van der Waals surface area contributed by atoms with Crippen molar-refractivity contribution in [2.75, 3.05) is 18.4 Å². The minimum Gasteiger partial charge on any atom is -0.352 e. The van der Waals surface area contributed by atoms with Gasteiger partial charge in [-0.05, 0) is 24.5 Å². The van der Waals surface area contributed by atoms with E-state index in [2.05, 4.69) is 20.3 Å². The summed E-state index contributed by atoms with van der Waals surface area (Å²) in [7, 11) is 0. The largest absolute Gasteiger partial charge is 0.419 e. The van der Waals surface area contributed by atoms with Gasteiger partial charge in [0, 0.05) is 36.6 Å². The van der Waals surface area contributed by atoms with E-state index < -0.39 is 48.5 Å². The average molecular weight is 505 g/mol. The monoisotopic (exact) mass is 505 g/mol. The molecule has 1 aliphatic heterocycles. The highest BCUT2D eigenvalue weighted by molar-refractivity contribution is 5.99. The Bertz CT molecular complexity index is 1220. The standard InChI is InChI=1S/C25H24F5N5O/c1-15-10-24(26,27)14-35(20(15)13-33-23-31-11-18(12-32-23)25(28,29)30)22(36)21-19(9-8-16(2)34-21)17-6-4-3-5-7-17/h3-9,11-12,15,20H,10,13-14H2,1-2H3,(H,31,32,33)/t15-,20?/m1/s1. The Kier molecular flexibility index (Phi) is 6.92. The number of aryl methyl sites for hydroxylation is 1. The zero-order valence-corrected chi connectivity index (χ0v) is 19.6. The first-order chi connectivity index (χ1) is 16.9. The van der Waals surface area contributed by atoms with Crippen LogP contribution in [0.2, 0.25) is 0 Å². The molecule has 3 heterocycles. The summed E-state index contributed by atoms with van der Waals surface area (Å²) in [6, 6.07) is 11.8. The summed E-state index contributed by atoms with van der Waals surface area (Å²) in [5, 5.41) is 2.80. The van der Waals surface area contributed by atoms with E-state index >= 15 is 0 Å². The van der Waals surface area contributed by atoms with Crippen LogP contribution in [0.4, 0.5) is 27.9 Å². The molecule has 2 aromatic heterocycles. The van der Waals surface area contributed by atoms with Gasteiger partial charge in [-0.15, -0.1) is 0 Å². The Morgan fingerprint density at radius 3 is 2.42 bits per heavy atom. The molecule has 1 amide bonds. The molecule has 2 atom stereocenters. The molecular weight excluding hydrogens is 481 g/mol. The first-order valence-electron chi connectivity index (χ1n) is 11.3. The number of hydrogen-bond donors (Lipinski definition) is 1. The number of carbonyl (C=O) groups is 1. The second kappa shape index (κ2) is 9.79. The molecule has 0 saturated carbocycles. The molecule has 1 N–H and O–H groups in total. The van der Waals surface area contributed by atoms with Crippen LogP contribution in [0.15, 0.2) is 54.9 Å². The highest BCUT2D eigenvalue weighted by Crippen LogP contribution is 2.36. The van der Waals surface area contributed by atoms with E-state index in [9.17, 15) is 26.7 Å². The normalized spacial score (nSPS) is 19.7. The number of benzene rings is 1. The zero-order valence-electron chi connectivity index (χ0n) is 19.6. The van der Waals surface area contributed by atoms with E-state index in [0.717, 1.165) is 10.5 Å². The molecule has 0 bridgehead atoms. The summed E-state index contributed by atoms with van der Waals surface area (Å²) in [5.74, 6) is -4.47. The number of pyridine rings is 1. The third-order valence-electron chi connectivity index (χ3n) is 6.11. The van der Waals surface area contributed by atoms with Crippen LogP contribution >= 0.6 is 0 Å². The molecule has 36 heavy (non-hydrogen) atoms. The lowest BCUT2D eigenvalue weighted by molar-refractivity contribution is -0.138. The van der Waals surface area contributed by atoms with Crippen LogP contribution in [0.1, 0.15) is 35.1 Å². The van der Waals surface area contributed by atoms with Gasteiger partial charge in [0.15, 0.2) is 0 Å². The Hall–Kier alpha value is -3.63. The summed E-state index contributed by atoms with van der Waals surface area (Å²) in [4.78, 5) is 26.5. The predicted octanol–water partition coefficient (Wildman–Crippen LogP) is 5.46. The quantitative estimate of drug-likeness (QED) is 0.466. The molecule has 1 saturated heterocycles. The van der Waals surface area contributed by atoms with Crippen molar-refractivity contribution in [3.8, 4) is 11.1 Å². The number of likely N-dealkylation sites (tertiary alicyclic amines) is 1. The number of halogens is 5. The van der Waals surface area contributed by atoms with Gasteiger partial charge in [-0.1, -0.05) is 43.3 Å². The zero-order chi connectivity index (χ0) is 26.1. The lowest BCUT2D eigenvalue weighted by Gasteiger charge is -2.43. The number of nitrogens with one attached hydrogen (secondary N) is 1. The summed E-state index contributed by atoms with van der Waals surface area (Å²) in [5.41, 5.74) is 0.850. The summed E-state index contributed by atoms with van der Waals surface area (Å²) in [6.07, 6.45) is -3.74. The van der Waals surface area contributed by atoms with Crippen molar-refractivity contribution >= 4 is 11.9 Å². The van der Waals surface area contributed by atoms with Crippen molar-refractivity contribution in [2.24, 2.45) is 5.92 Å². The van der Waals surface area contributed by atoms with Crippen LogP contribution in [0, 0.1) is 12.8 Å². The number of amides is 1. The van der Waals surface area contributed by atoms with Gasteiger partial charge in [-0.25, -0.2) is 23.7 Å². The molecule has 6 nitrogen and oxygen atoms in total. The van der Waals surface area contributed by atoms with Gasteiger partial charge in [0.25, 0.3) is 11.8 Å². The minimum absolute atomic E-state index is 0.0269. The third kappa shape index (κ3) is 5.60. The van der Waals surface area contributed by atoms with Gasteiger partial charge in [-0.3, -0.25) is 4.79 Å². The van der Waals surface area contributed by atoms with Gasteiger partial charge < -0.3 is 10.2 Å². The van der Waals surface area contributed by atoms with Crippen LogP contribution in [-0.2, 0) is 6.18 Å². The maximum atomic E-state index is 14.6. The van der Waals surface area contributed by atoms with Crippen molar-refractivity contribution < 1.29 is 26.7 Å². The highest BCUT2D eigenvalue weighted by atomic mass is 19.4. The maximum Gasteiger partial charge on any atom is 0.419 e. The second-order valence-corrected chi connectivity index (χ2v) is 8.93. The van der Waals surface area contributed by atoms with Crippen molar-refractivity contribution in [2.45, 2.75) is 38.4 Å². The van der Waals surface area contributed by atoms with E-state index in [1.165, 1.54) is 0 Å². The molecule has 0 aliphatic carbocycles. The SMILES string of the molecule is Cc1ccc(-c2ccccc2)c(C(=O)N2CC(F)(F)C[C@@H](C)C2CNc2ncc(C(F)(F)F)cn2)n1. The van der Waals surface area contributed by atoms with Crippen molar-refractivity contribution in [1.29, 1.82) is 0 Å². The van der Waals surface area contributed by atoms with E-state index in [1.54, 1.807) is 50.2 Å². The molecule has 0 spiro atoms. The van der Waals surface area contributed by atoms with E-state index in [0.29, 0.717) is 23.7 Å². The van der Waals surface area contributed by atoms with Gasteiger partial charge in [-0.2, -0.15) is 13.2 Å². The van der Waals surface area contributed by atoms with Crippen LogP contribution in [-0.4, -0.2) is 50.8 Å². The summed E-state index contributed by atoms with van der Waals surface area (Å²) in [6.45, 7) is 2.48. The van der Waals surface area contributed by atoms with E-state index in [-0.39, 0.29) is 18.2 Å². The van der Waals surface area contributed by atoms with Crippen molar-refractivity contribution in [1.82, 2.24) is 19.9 Å². The second-order valence-electron chi connectivity index (χ2n) is 8.93. The molecule has 4 rings (SSSR count). The van der Waals surface area contributed by atoms with Crippen LogP contribution in [0.3, 0.4) is 0 Å². The Morgan fingerprint density at radius 2 is 1.78 bits per heavy atom. The lowest BCUT2D eigenvalue weighted by atomic mass is 9.87. The first-order valence-corrected chi connectivity index (χ1v) is 11.3. The fraction of sp³-hybridized carbons (Fsp3) is 0.360. The van der Waals surface area contributed by atoms with Crippen LogP contribution in [0.25, 0.3) is 11.1 Å². The Balaban J connectivity index is 1.63. The van der Waals surface area contributed by atoms with Crippen molar-refractivity contribution in [3.05, 3.63) is 71.8 Å². The number of alkyl halides is 5. The average Bonchev–Trinajstić information content (AvgIpc) is 2.82. The number of rotatable bonds is 5. The predicted molar refractivity (Wildman–Crippen MR) is 123 cm³/mol. The van der Waals surface area contributed by atoms with Crippen molar-refractivity contribution in [3.63, 3.8) is 0 Å². The summed E-state index contributed by atoms with van der Waals surface area (Å²) >= 11 is 0. The van der Waals surface area contributed by atoms with Crippen LogP contribution < -0.4 is 5.32 Å². The summed E-state index contributed by atoms with van der Waals surface area (Å²) < 4.78 is 67.6. The maximum absolute atomic E-state index is 14.6. The fourth-order valence-electron chi connectivity index (χ4n) is 4.35. The fourth-order valence-corrected chi connectivity index (χ4v) is 4.35. The minimum atomic E-state index is -4.58. The van der Waals surface area contributed by atoms with Gasteiger partial charge in [0.2, 0.25) is 5.95 Å². The molecule has 11 heteroatoms.